The average Bonchev–Trinajstić information content (AvgIpc) is 2.79. The maximum Gasteiger partial charge on any atom is 0.317 e. The lowest BCUT2D eigenvalue weighted by molar-refractivity contribution is -0.0255. The molecule has 4 rings (SSSR count). The van der Waals surface area contributed by atoms with E-state index in [9.17, 15) is 13.6 Å². The monoisotopic (exact) mass is 483 g/mol. The second kappa shape index (κ2) is 9.18. The molecule has 0 radical (unpaired) electrons. The zero-order chi connectivity index (χ0) is 24.5. The van der Waals surface area contributed by atoms with Gasteiger partial charge in [0, 0.05) is 59.9 Å². The highest BCUT2D eigenvalue weighted by molar-refractivity contribution is 6.30. The van der Waals surface area contributed by atoms with Gasteiger partial charge in [-0.3, -0.25) is 14.4 Å². The molecule has 2 aromatic carbocycles. The summed E-state index contributed by atoms with van der Waals surface area (Å²) in [5.41, 5.74) is 8.40. The van der Waals surface area contributed by atoms with Gasteiger partial charge in [0.05, 0.1) is 11.1 Å². The van der Waals surface area contributed by atoms with E-state index >= 15 is 0 Å². The first-order valence-corrected chi connectivity index (χ1v) is 10.5. The molecule has 0 aliphatic rings. The molecule has 0 unspecified atom stereocenters. The third kappa shape index (κ3) is 4.89. The van der Waals surface area contributed by atoms with Gasteiger partial charge in [0.25, 0.3) is 11.5 Å². The predicted molar refractivity (Wildman–Crippen MR) is 130 cm³/mol. The number of alkyl halides is 2. The molecule has 0 saturated heterocycles. The fourth-order valence-electron chi connectivity index (χ4n) is 3.38. The fourth-order valence-corrected chi connectivity index (χ4v) is 3.51. The van der Waals surface area contributed by atoms with Crippen molar-refractivity contribution in [2.75, 3.05) is 19.4 Å². The number of nitrogens with two attached hydrogens (primary N) is 1. The molecule has 0 bridgehead atoms. The van der Waals surface area contributed by atoms with Gasteiger partial charge >= 0.3 is 6.01 Å². The van der Waals surface area contributed by atoms with E-state index in [1.54, 1.807) is 61.9 Å². The number of hydrogen-bond acceptors (Lipinski definition) is 6. The SMILES string of the molecule is CN=Cc1cc(-n2cc3cnc(OCC(C)(F)F)nc3c(-c3ccc(Cl)cc3)c2=O)ccc1N. The van der Waals surface area contributed by atoms with Crippen LogP contribution >= 0.6 is 11.6 Å². The molecule has 7 nitrogen and oxygen atoms in total. The largest absolute Gasteiger partial charge is 0.457 e. The van der Waals surface area contributed by atoms with Crippen molar-refractivity contribution in [1.29, 1.82) is 0 Å². The number of ether oxygens (including phenoxy) is 1. The topological polar surface area (TPSA) is 95.4 Å². The van der Waals surface area contributed by atoms with E-state index in [4.69, 9.17) is 22.1 Å². The number of fused-ring (bicyclic) bond motifs is 1. The number of aliphatic imine (C=N–C) groups is 1. The minimum atomic E-state index is -3.06. The summed E-state index contributed by atoms with van der Waals surface area (Å²) in [5, 5.41) is 0.998. The van der Waals surface area contributed by atoms with Crippen molar-refractivity contribution < 1.29 is 13.5 Å². The van der Waals surface area contributed by atoms with Crippen LogP contribution in [0.4, 0.5) is 14.5 Å². The molecule has 2 aromatic heterocycles. The van der Waals surface area contributed by atoms with E-state index in [0.717, 1.165) is 6.92 Å². The molecule has 0 spiro atoms. The van der Waals surface area contributed by atoms with Crippen molar-refractivity contribution in [2.24, 2.45) is 4.99 Å². The summed E-state index contributed by atoms with van der Waals surface area (Å²) in [6.45, 7) is -0.158. The smallest absolute Gasteiger partial charge is 0.317 e. The van der Waals surface area contributed by atoms with Crippen LogP contribution in [-0.2, 0) is 0 Å². The Kier molecular flexibility index (Phi) is 6.30. The highest BCUT2D eigenvalue weighted by Crippen LogP contribution is 2.28. The zero-order valence-electron chi connectivity index (χ0n) is 18.3. The summed E-state index contributed by atoms with van der Waals surface area (Å²) >= 11 is 6.03. The van der Waals surface area contributed by atoms with Gasteiger partial charge in [0.15, 0.2) is 6.61 Å². The second-order valence-corrected chi connectivity index (χ2v) is 8.14. The summed E-state index contributed by atoms with van der Waals surface area (Å²) in [6, 6.07) is 11.5. The molecule has 0 atom stereocenters. The number of halogens is 3. The Labute approximate surface area is 198 Å². The maximum absolute atomic E-state index is 13.7. The lowest BCUT2D eigenvalue weighted by Crippen LogP contribution is -2.23. The first kappa shape index (κ1) is 23.3. The maximum atomic E-state index is 13.7. The first-order chi connectivity index (χ1) is 16.2. The van der Waals surface area contributed by atoms with Gasteiger partial charge in [-0.15, -0.1) is 0 Å². The third-order valence-corrected chi connectivity index (χ3v) is 5.19. The molecular weight excluding hydrogens is 464 g/mol. The van der Waals surface area contributed by atoms with E-state index in [-0.39, 0.29) is 22.6 Å². The first-order valence-electron chi connectivity index (χ1n) is 10.2. The van der Waals surface area contributed by atoms with Crippen molar-refractivity contribution in [3.8, 4) is 22.8 Å². The minimum absolute atomic E-state index is 0.243. The van der Waals surface area contributed by atoms with Crippen molar-refractivity contribution in [1.82, 2.24) is 14.5 Å². The highest BCUT2D eigenvalue weighted by atomic mass is 35.5. The quantitative estimate of drug-likeness (QED) is 0.315. The Balaban J connectivity index is 1.96. The molecule has 0 aliphatic carbocycles. The van der Waals surface area contributed by atoms with Crippen LogP contribution in [0.3, 0.4) is 0 Å². The van der Waals surface area contributed by atoms with E-state index in [0.29, 0.717) is 32.9 Å². The van der Waals surface area contributed by atoms with E-state index in [1.165, 1.54) is 10.8 Å². The number of rotatable bonds is 6. The number of nitrogen functional groups attached to an aromatic ring is 1. The Hall–Kier alpha value is -3.85. The number of aromatic nitrogens is 3. The lowest BCUT2D eigenvalue weighted by atomic mass is 10.0. The Morgan fingerprint density at radius 1 is 1.24 bits per heavy atom. The summed E-state index contributed by atoms with van der Waals surface area (Å²) < 4.78 is 33.0. The van der Waals surface area contributed by atoms with Gasteiger partial charge in [-0.05, 0) is 35.9 Å². The molecule has 174 valence electrons. The Morgan fingerprint density at radius 2 is 1.97 bits per heavy atom. The van der Waals surface area contributed by atoms with Crippen LogP contribution in [0.15, 0.2) is 64.6 Å². The van der Waals surface area contributed by atoms with Crippen LogP contribution < -0.4 is 16.0 Å². The lowest BCUT2D eigenvalue weighted by Gasteiger charge is -2.14. The standard InChI is InChI=1S/C24H20ClF2N5O2/c1-24(26,27)13-34-23-30-11-16-12-32(18-7-8-19(28)15(9-18)10-29-2)22(33)20(21(16)31-23)14-3-5-17(25)6-4-14/h3-12H,13,28H2,1-2H3. The van der Waals surface area contributed by atoms with Crippen molar-refractivity contribution in [2.45, 2.75) is 12.8 Å². The third-order valence-electron chi connectivity index (χ3n) is 4.94. The van der Waals surface area contributed by atoms with Crippen LogP contribution in [0.1, 0.15) is 12.5 Å². The van der Waals surface area contributed by atoms with Crippen LogP contribution in [0, 0.1) is 0 Å². The van der Waals surface area contributed by atoms with Gasteiger partial charge in [-0.1, -0.05) is 23.7 Å². The molecule has 2 heterocycles. The summed E-state index contributed by atoms with van der Waals surface area (Å²) in [5.74, 6) is -3.06. The van der Waals surface area contributed by atoms with Gasteiger partial charge in [-0.2, -0.15) is 4.98 Å². The molecule has 4 aromatic rings. The number of pyridine rings is 1. The molecule has 0 saturated carbocycles. The zero-order valence-corrected chi connectivity index (χ0v) is 19.1. The summed E-state index contributed by atoms with van der Waals surface area (Å²) in [4.78, 5) is 26.0. The molecule has 34 heavy (non-hydrogen) atoms. The van der Waals surface area contributed by atoms with Crippen LogP contribution in [0.2, 0.25) is 5.02 Å². The highest BCUT2D eigenvalue weighted by Gasteiger charge is 2.23. The number of nitrogens with zero attached hydrogens (tertiary/aromatic N) is 4. The summed E-state index contributed by atoms with van der Waals surface area (Å²) in [6.07, 6.45) is 4.60. The molecule has 2 N–H and O–H groups in total. The second-order valence-electron chi connectivity index (χ2n) is 7.70. The van der Waals surface area contributed by atoms with Crippen molar-refractivity contribution >= 4 is 34.4 Å². The Morgan fingerprint density at radius 3 is 2.65 bits per heavy atom. The van der Waals surface area contributed by atoms with Crippen LogP contribution in [-0.4, -0.2) is 40.3 Å². The molecule has 0 fully saturated rings. The van der Waals surface area contributed by atoms with Crippen LogP contribution in [0.25, 0.3) is 27.7 Å². The fraction of sp³-hybridized carbons (Fsp3) is 0.167. The van der Waals surface area contributed by atoms with Gasteiger partial charge in [0.1, 0.15) is 0 Å². The molecule has 0 amide bonds. The number of anilines is 1. The summed E-state index contributed by atoms with van der Waals surface area (Å²) in [7, 11) is 1.62. The minimum Gasteiger partial charge on any atom is -0.457 e. The molecular formula is C24H20ClF2N5O2. The van der Waals surface area contributed by atoms with Gasteiger partial charge < -0.3 is 10.5 Å². The van der Waals surface area contributed by atoms with Crippen molar-refractivity contribution in [3.05, 3.63) is 75.8 Å². The van der Waals surface area contributed by atoms with E-state index in [1.807, 2.05) is 0 Å². The number of hydrogen-bond donors (Lipinski definition) is 1. The molecule has 10 heteroatoms. The normalized spacial score (nSPS) is 11.9. The van der Waals surface area contributed by atoms with E-state index in [2.05, 4.69) is 15.0 Å². The average molecular weight is 484 g/mol. The predicted octanol–water partition coefficient (Wildman–Crippen LogP) is 4.77. The Bertz CT molecular complexity index is 1450. The number of benzene rings is 2. The van der Waals surface area contributed by atoms with Crippen LogP contribution in [0.5, 0.6) is 6.01 Å². The van der Waals surface area contributed by atoms with Gasteiger partial charge in [-0.25, -0.2) is 13.8 Å². The molecule has 0 aliphatic heterocycles. The van der Waals surface area contributed by atoms with Crippen molar-refractivity contribution in [3.63, 3.8) is 0 Å². The van der Waals surface area contributed by atoms with E-state index < -0.39 is 12.5 Å². The van der Waals surface area contributed by atoms with Gasteiger partial charge in [0.2, 0.25) is 0 Å².